The number of aromatic nitrogens is 5. The molecule has 53 heavy (non-hydrogen) atoms. The Morgan fingerprint density at radius 3 is 2.45 bits per heavy atom. The molecule has 3 aliphatic rings. The highest BCUT2D eigenvalue weighted by Crippen LogP contribution is 2.34. The monoisotopic (exact) mass is 742 g/mol. The molecule has 2 N–H and O–H groups in total. The Bertz CT molecular complexity index is 2160. The zero-order valence-electron chi connectivity index (χ0n) is 29.4. The summed E-state index contributed by atoms with van der Waals surface area (Å²) < 4.78 is 32.4. The van der Waals surface area contributed by atoms with Gasteiger partial charge in [-0.05, 0) is 55.5 Å². The van der Waals surface area contributed by atoms with Crippen molar-refractivity contribution in [3.05, 3.63) is 89.1 Å². The number of piperazine rings is 1. The van der Waals surface area contributed by atoms with Crippen molar-refractivity contribution in [1.82, 2.24) is 39.3 Å². The van der Waals surface area contributed by atoms with Crippen LogP contribution in [0, 0.1) is 18.6 Å². The fraction of sp³-hybridized carbons (Fsp3) is 0.395. The van der Waals surface area contributed by atoms with E-state index in [0.717, 1.165) is 88.2 Å². The van der Waals surface area contributed by atoms with Gasteiger partial charge in [0.25, 0.3) is 0 Å². The van der Waals surface area contributed by atoms with Gasteiger partial charge in [0, 0.05) is 99.7 Å². The highest BCUT2D eigenvalue weighted by molar-refractivity contribution is 6.32. The van der Waals surface area contributed by atoms with Crippen molar-refractivity contribution in [3.63, 3.8) is 0 Å². The number of likely N-dealkylation sites (tertiary alicyclic amines) is 1. The first-order valence-corrected chi connectivity index (χ1v) is 18.5. The normalized spacial score (nSPS) is 19.2. The van der Waals surface area contributed by atoms with E-state index in [1.54, 1.807) is 36.1 Å². The predicted octanol–water partition coefficient (Wildman–Crippen LogP) is 5.56. The molecule has 2 amide bonds. The van der Waals surface area contributed by atoms with Crippen molar-refractivity contribution in [2.24, 2.45) is 0 Å². The van der Waals surface area contributed by atoms with E-state index in [4.69, 9.17) is 11.6 Å². The third-order valence-electron chi connectivity index (χ3n) is 10.8. The van der Waals surface area contributed by atoms with Gasteiger partial charge in [0.15, 0.2) is 11.5 Å². The number of nitrogens with zero attached hydrogens (tertiary/aromatic N) is 8. The predicted molar refractivity (Wildman–Crippen MR) is 199 cm³/mol. The van der Waals surface area contributed by atoms with E-state index in [1.807, 2.05) is 29.1 Å². The first-order chi connectivity index (χ1) is 25.7. The minimum atomic E-state index is -0.656. The number of fused-ring (bicyclic) bond motifs is 1. The summed E-state index contributed by atoms with van der Waals surface area (Å²) in [6, 6.07) is 8.60. The second kappa shape index (κ2) is 14.8. The zero-order valence-corrected chi connectivity index (χ0v) is 30.2. The van der Waals surface area contributed by atoms with E-state index in [0.29, 0.717) is 46.6 Å². The molecular formula is C38H41ClF2N10O2. The zero-order chi connectivity index (χ0) is 36.6. The number of benzene rings is 2. The number of halogens is 3. The molecule has 3 aliphatic heterocycles. The van der Waals surface area contributed by atoms with E-state index >= 15 is 0 Å². The lowest BCUT2D eigenvalue weighted by molar-refractivity contribution is -0.134. The third-order valence-corrected chi connectivity index (χ3v) is 11.1. The van der Waals surface area contributed by atoms with Crippen LogP contribution in [0.5, 0.6) is 0 Å². The van der Waals surface area contributed by atoms with E-state index in [-0.39, 0.29) is 23.3 Å². The molecule has 0 bridgehead atoms. The van der Waals surface area contributed by atoms with Crippen LogP contribution in [0.2, 0.25) is 5.02 Å². The molecular weight excluding hydrogens is 702 g/mol. The second-order valence-electron chi connectivity index (χ2n) is 14.1. The molecule has 0 radical (unpaired) electrons. The van der Waals surface area contributed by atoms with Crippen molar-refractivity contribution in [2.45, 2.75) is 44.6 Å². The Kier molecular flexibility index (Phi) is 9.83. The lowest BCUT2D eigenvalue weighted by Crippen LogP contribution is -2.49. The number of imidazole rings is 1. The summed E-state index contributed by atoms with van der Waals surface area (Å²) in [5, 5.41) is 11.0. The fourth-order valence-corrected chi connectivity index (χ4v) is 8.01. The smallest absolute Gasteiger partial charge is 0.234 e. The molecule has 276 valence electrons. The van der Waals surface area contributed by atoms with Gasteiger partial charge in [0.05, 0.1) is 35.7 Å². The van der Waals surface area contributed by atoms with Gasteiger partial charge in [-0.1, -0.05) is 17.7 Å². The van der Waals surface area contributed by atoms with Crippen LogP contribution in [-0.4, -0.2) is 98.1 Å². The quantitative estimate of drug-likeness (QED) is 0.188. The van der Waals surface area contributed by atoms with Crippen LogP contribution < -0.4 is 15.5 Å². The van der Waals surface area contributed by atoms with Crippen molar-refractivity contribution in [1.29, 1.82) is 0 Å². The lowest BCUT2D eigenvalue weighted by atomic mass is 9.90. The highest BCUT2D eigenvalue weighted by atomic mass is 35.5. The number of rotatable bonds is 9. The minimum Gasteiger partial charge on any atom is -0.369 e. The van der Waals surface area contributed by atoms with Crippen molar-refractivity contribution >= 4 is 46.3 Å². The number of amides is 2. The van der Waals surface area contributed by atoms with Crippen molar-refractivity contribution in [2.75, 3.05) is 62.6 Å². The van der Waals surface area contributed by atoms with Gasteiger partial charge in [0.2, 0.25) is 11.8 Å². The summed E-state index contributed by atoms with van der Waals surface area (Å²) in [5.74, 6) is -1.62. The van der Waals surface area contributed by atoms with Crippen LogP contribution in [0.1, 0.15) is 48.8 Å². The van der Waals surface area contributed by atoms with Gasteiger partial charge in [-0.25, -0.2) is 18.7 Å². The second-order valence-corrected chi connectivity index (χ2v) is 14.5. The minimum absolute atomic E-state index is 0.226. The maximum atomic E-state index is 14.7. The van der Waals surface area contributed by atoms with Crippen LogP contribution >= 0.6 is 11.6 Å². The Morgan fingerprint density at radius 2 is 1.70 bits per heavy atom. The molecule has 5 aromatic rings. The number of imide groups is 1. The summed E-state index contributed by atoms with van der Waals surface area (Å²) in [5.41, 5.74) is 4.24. The van der Waals surface area contributed by atoms with Gasteiger partial charge in [-0.3, -0.25) is 28.9 Å². The number of aryl methyl sites for hydroxylation is 1. The molecule has 1 unspecified atom stereocenters. The molecule has 0 spiro atoms. The summed E-state index contributed by atoms with van der Waals surface area (Å²) in [6.45, 7) is 9.40. The molecule has 12 nitrogen and oxygen atoms in total. The summed E-state index contributed by atoms with van der Waals surface area (Å²) in [4.78, 5) is 40.3. The SMILES string of the molecule is Cc1cc(-c2cnc(Nc3cnn(C4CCN(CCN5CCN(c6ccc(C7CCC(=O)NC7=O)c(Cl)c6)CC5)CC4)c3)c3nccn23)c(F)cc1F. The maximum absolute atomic E-state index is 14.7. The van der Waals surface area contributed by atoms with E-state index < -0.39 is 11.6 Å². The van der Waals surface area contributed by atoms with E-state index in [9.17, 15) is 18.4 Å². The first kappa shape index (κ1) is 35.1. The largest absolute Gasteiger partial charge is 0.369 e. The molecule has 0 aliphatic carbocycles. The number of carbonyl (C=O) groups is 2. The van der Waals surface area contributed by atoms with Crippen LogP contribution in [0.4, 0.5) is 26.0 Å². The molecule has 0 saturated carbocycles. The van der Waals surface area contributed by atoms with Crippen LogP contribution in [-0.2, 0) is 9.59 Å². The molecule has 3 fully saturated rings. The number of hydrogen-bond donors (Lipinski definition) is 2. The average Bonchev–Trinajstić information content (AvgIpc) is 3.84. The Balaban J connectivity index is 0.804. The molecule has 6 heterocycles. The molecule has 1 atom stereocenters. The number of anilines is 3. The van der Waals surface area contributed by atoms with Gasteiger partial charge in [-0.15, -0.1) is 0 Å². The highest BCUT2D eigenvalue weighted by Gasteiger charge is 2.30. The maximum Gasteiger partial charge on any atom is 0.234 e. The van der Waals surface area contributed by atoms with Crippen molar-refractivity contribution in [3.8, 4) is 11.3 Å². The Hall–Kier alpha value is -4.92. The van der Waals surface area contributed by atoms with Crippen molar-refractivity contribution < 1.29 is 18.4 Å². The number of carbonyl (C=O) groups excluding carboxylic acids is 2. The summed E-state index contributed by atoms with van der Waals surface area (Å²) >= 11 is 6.64. The average molecular weight is 743 g/mol. The van der Waals surface area contributed by atoms with Gasteiger partial charge in [-0.2, -0.15) is 5.10 Å². The molecule has 15 heteroatoms. The van der Waals surface area contributed by atoms with Gasteiger partial charge in [0.1, 0.15) is 11.6 Å². The van der Waals surface area contributed by atoms with E-state index in [2.05, 4.69) is 40.4 Å². The van der Waals surface area contributed by atoms with Crippen LogP contribution in [0.15, 0.2) is 61.3 Å². The molecule has 3 saturated heterocycles. The van der Waals surface area contributed by atoms with Crippen LogP contribution in [0.3, 0.4) is 0 Å². The molecule has 3 aromatic heterocycles. The Labute approximate surface area is 310 Å². The van der Waals surface area contributed by atoms with E-state index in [1.165, 1.54) is 6.07 Å². The van der Waals surface area contributed by atoms with Gasteiger partial charge >= 0.3 is 0 Å². The topological polar surface area (TPSA) is 116 Å². The van der Waals surface area contributed by atoms with Crippen LogP contribution in [0.25, 0.3) is 16.9 Å². The van der Waals surface area contributed by atoms with Gasteiger partial charge < -0.3 is 15.1 Å². The molecule has 8 rings (SSSR count). The number of nitrogens with one attached hydrogen (secondary N) is 2. The third kappa shape index (κ3) is 7.35. The first-order valence-electron chi connectivity index (χ1n) is 18.1. The fourth-order valence-electron chi connectivity index (χ4n) is 7.70. The standard InChI is InChI=1S/C38H41ClF2N10O2/c1-24-18-30(33(41)20-32(24)40)34-22-43-36(37-42-8-11-50(34)37)45-25-21-44-51(23-25)26-6-9-47(10-7-26)12-13-48-14-16-49(17-15-48)27-2-3-28(31(39)19-27)29-4-5-35(52)46-38(29)53/h2-3,8,11,18-23,26,29H,4-7,9-10,12-17H2,1H3,(H,43,45)(H,46,52,53). The number of piperidine rings is 2. The number of hydrogen-bond acceptors (Lipinski definition) is 9. The molecule has 2 aromatic carbocycles. The lowest BCUT2D eigenvalue weighted by Gasteiger charge is -2.38. The Morgan fingerprint density at radius 1 is 0.925 bits per heavy atom. The summed E-state index contributed by atoms with van der Waals surface area (Å²) in [6.07, 6.45) is 11.5. The summed E-state index contributed by atoms with van der Waals surface area (Å²) in [7, 11) is 0.